The Kier molecular flexibility index (Phi) is 7.08. The second-order valence-electron chi connectivity index (χ2n) is 7.02. The molecular weight excluding hydrogens is 461 g/mol. The van der Waals surface area contributed by atoms with Crippen LogP contribution in [0, 0.1) is 0 Å². The number of nitrogens with one attached hydrogen (secondary N) is 2. The highest BCUT2D eigenvalue weighted by molar-refractivity contribution is 7.89. The van der Waals surface area contributed by atoms with Gasteiger partial charge in [0.2, 0.25) is 15.9 Å². The minimum atomic E-state index is -4.70. The van der Waals surface area contributed by atoms with Crippen molar-refractivity contribution >= 4 is 15.9 Å². The van der Waals surface area contributed by atoms with E-state index in [2.05, 4.69) is 10.3 Å². The van der Waals surface area contributed by atoms with E-state index >= 15 is 0 Å². The molecule has 0 bridgehead atoms. The van der Waals surface area contributed by atoms with Crippen molar-refractivity contribution in [2.75, 3.05) is 13.7 Å². The first-order chi connectivity index (χ1) is 15.5. The van der Waals surface area contributed by atoms with Crippen LogP contribution in [0.2, 0.25) is 0 Å². The Morgan fingerprint density at radius 3 is 2.45 bits per heavy atom. The van der Waals surface area contributed by atoms with E-state index in [0.29, 0.717) is 23.2 Å². The van der Waals surface area contributed by atoms with Crippen LogP contribution >= 0.6 is 0 Å². The molecule has 2 N–H and O–H groups in total. The van der Waals surface area contributed by atoms with Crippen LogP contribution in [-0.4, -0.2) is 37.5 Å². The summed E-state index contributed by atoms with van der Waals surface area (Å²) in [5.41, 5.74) is -0.441. The lowest BCUT2D eigenvalue weighted by molar-refractivity contribution is -0.137. The van der Waals surface area contributed by atoms with E-state index in [-0.39, 0.29) is 0 Å². The third kappa shape index (κ3) is 5.90. The average Bonchev–Trinajstić information content (AvgIpc) is 3.21. The number of hydrogen-bond donors (Lipinski definition) is 2. The maximum absolute atomic E-state index is 12.9. The van der Waals surface area contributed by atoms with E-state index in [1.165, 1.54) is 7.11 Å². The zero-order chi connectivity index (χ0) is 24.2. The lowest BCUT2D eigenvalue weighted by atomic mass is 10.1. The number of alkyl halides is 3. The number of nitrogens with zero attached hydrogens (tertiary/aromatic N) is 2. The van der Waals surface area contributed by atoms with Crippen molar-refractivity contribution in [3.63, 3.8) is 0 Å². The minimum absolute atomic E-state index is 0.495. The number of rotatable bonds is 8. The van der Waals surface area contributed by atoms with Gasteiger partial charge in [0.1, 0.15) is 17.6 Å². The summed E-state index contributed by atoms with van der Waals surface area (Å²) in [7, 11) is -1.10. The van der Waals surface area contributed by atoms with E-state index in [0.717, 1.165) is 18.2 Å². The summed E-state index contributed by atoms with van der Waals surface area (Å²) in [6.07, 6.45) is -1.46. The molecule has 12 heteroatoms. The van der Waals surface area contributed by atoms with Gasteiger partial charge in [0.05, 0.1) is 24.1 Å². The molecule has 1 atom stereocenters. The molecule has 176 valence electrons. The molecule has 1 heterocycles. The van der Waals surface area contributed by atoms with Crippen LogP contribution in [0.1, 0.15) is 23.0 Å². The summed E-state index contributed by atoms with van der Waals surface area (Å²) in [4.78, 5) is 16.2. The summed E-state index contributed by atoms with van der Waals surface area (Å²) in [5.74, 6) is 0.404. The van der Waals surface area contributed by atoms with Gasteiger partial charge in [0.25, 0.3) is 0 Å². The highest BCUT2D eigenvalue weighted by Gasteiger charge is 2.32. The summed E-state index contributed by atoms with van der Waals surface area (Å²) in [6.45, 7) is -0.685. The first-order valence-electron chi connectivity index (χ1n) is 9.59. The van der Waals surface area contributed by atoms with Gasteiger partial charge in [0.15, 0.2) is 0 Å². The number of halogens is 3. The first-order valence-corrected chi connectivity index (χ1v) is 11.1. The molecule has 0 saturated heterocycles. The number of carbonyl (C=O) groups is 1. The van der Waals surface area contributed by atoms with E-state index in [4.69, 9.17) is 4.74 Å². The highest BCUT2D eigenvalue weighted by Crippen LogP contribution is 2.30. The third-order valence-corrected chi connectivity index (χ3v) is 6.16. The number of methoxy groups -OCH3 is 1. The smallest absolute Gasteiger partial charge is 0.416 e. The summed E-state index contributed by atoms with van der Waals surface area (Å²) in [5, 5.41) is 2.70. The molecule has 0 radical (unpaired) electrons. The molecule has 0 saturated carbocycles. The molecule has 2 aromatic carbocycles. The SMILES string of the molecule is COc1ccc(C(NC(=O)CNS(=O)(=O)c2cccc(C(F)(F)F)c2)c2nccn2C)cc1. The number of ether oxygens (including phenoxy) is 1. The lowest BCUT2D eigenvalue weighted by Crippen LogP contribution is -2.39. The van der Waals surface area contributed by atoms with Gasteiger partial charge in [0, 0.05) is 19.4 Å². The van der Waals surface area contributed by atoms with Gasteiger partial charge >= 0.3 is 6.18 Å². The predicted molar refractivity (Wildman–Crippen MR) is 113 cm³/mol. The van der Waals surface area contributed by atoms with Crippen LogP contribution in [0.4, 0.5) is 13.2 Å². The number of sulfonamides is 1. The largest absolute Gasteiger partial charge is 0.497 e. The monoisotopic (exact) mass is 482 g/mol. The van der Waals surface area contributed by atoms with E-state index in [9.17, 15) is 26.4 Å². The van der Waals surface area contributed by atoms with Crippen molar-refractivity contribution in [1.82, 2.24) is 19.6 Å². The third-order valence-electron chi connectivity index (χ3n) is 4.77. The fourth-order valence-electron chi connectivity index (χ4n) is 3.04. The summed E-state index contributed by atoms with van der Waals surface area (Å²) >= 11 is 0. The quantitative estimate of drug-likeness (QED) is 0.514. The Morgan fingerprint density at radius 1 is 1.18 bits per heavy atom. The topological polar surface area (TPSA) is 102 Å². The number of aromatic nitrogens is 2. The number of aryl methyl sites for hydroxylation is 1. The van der Waals surface area contributed by atoms with E-state index in [1.54, 1.807) is 48.3 Å². The van der Waals surface area contributed by atoms with Crippen molar-refractivity contribution in [1.29, 1.82) is 0 Å². The Labute approximate surface area is 188 Å². The first kappa shape index (κ1) is 24.3. The van der Waals surface area contributed by atoms with Gasteiger partial charge in [-0.15, -0.1) is 0 Å². The Balaban J connectivity index is 1.76. The number of amides is 1. The maximum Gasteiger partial charge on any atom is 0.416 e. The zero-order valence-electron chi connectivity index (χ0n) is 17.6. The van der Waals surface area contributed by atoms with Crippen molar-refractivity contribution in [2.45, 2.75) is 17.1 Å². The fraction of sp³-hybridized carbons (Fsp3) is 0.238. The molecular formula is C21H21F3N4O4S. The average molecular weight is 482 g/mol. The minimum Gasteiger partial charge on any atom is -0.497 e. The van der Waals surface area contributed by atoms with E-state index < -0.39 is 45.2 Å². The van der Waals surface area contributed by atoms with Gasteiger partial charge in [-0.3, -0.25) is 4.79 Å². The zero-order valence-corrected chi connectivity index (χ0v) is 18.4. The second kappa shape index (κ2) is 9.63. The molecule has 1 unspecified atom stereocenters. The van der Waals surface area contributed by atoms with Crippen molar-refractivity contribution in [3.05, 3.63) is 77.9 Å². The predicted octanol–water partition coefficient (Wildman–Crippen LogP) is 2.63. The molecule has 8 nitrogen and oxygen atoms in total. The Hall–Kier alpha value is -3.38. The van der Waals surface area contributed by atoms with Gasteiger partial charge in [-0.1, -0.05) is 18.2 Å². The van der Waals surface area contributed by atoms with Crippen LogP contribution in [0.25, 0.3) is 0 Å². The number of carbonyl (C=O) groups excluding carboxylic acids is 1. The van der Waals surface area contributed by atoms with Crippen LogP contribution in [0.3, 0.4) is 0 Å². The molecule has 0 spiro atoms. The fourth-order valence-corrected chi connectivity index (χ4v) is 4.07. The number of imidazole rings is 1. The van der Waals surface area contributed by atoms with Gasteiger partial charge < -0.3 is 14.6 Å². The number of benzene rings is 2. The molecule has 0 aliphatic heterocycles. The van der Waals surface area contributed by atoms with E-state index in [1.807, 2.05) is 4.72 Å². The van der Waals surface area contributed by atoms with Crippen molar-refractivity contribution in [2.24, 2.45) is 7.05 Å². The Bertz CT molecular complexity index is 1220. The molecule has 33 heavy (non-hydrogen) atoms. The summed E-state index contributed by atoms with van der Waals surface area (Å²) in [6, 6.07) is 9.42. The second-order valence-corrected chi connectivity index (χ2v) is 8.79. The lowest BCUT2D eigenvalue weighted by Gasteiger charge is -2.20. The molecule has 1 aromatic heterocycles. The van der Waals surface area contributed by atoms with Crippen LogP contribution < -0.4 is 14.8 Å². The Morgan fingerprint density at radius 2 is 1.88 bits per heavy atom. The standard InChI is InChI=1S/C21H21F3N4O4S/c1-28-11-10-25-20(28)19(14-6-8-16(32-2)9-7-14)27-18(29)13-26-33(30,31)17-5-3-4-15(12-17)21(22,23)24/h3-12,19,26H,13H2,1-2H3,(H,27,29). The summed E-state index contributed by atoms with van der Waals surface area (Å²) < 4.78 is 72.4. The van der Waals surface area contributed by atoms with Crippen molar-refractivity contribution in [3.8, 4) is 5.75 Å². The van der Waals surface area contributed by atoms with Gasteiger partial charge in [-0.25, -0.2) is 18.1 Å². The van der Waals surface area contributed by atoms with Crippen LogP contribution in [-0.2, 0) is 28.0 Å². The molecule has 0 aliphatic carbocycles. The molecule has 0 aliphatic rings. The van der Waals surface area contributed by atoms with Gasteiger partial charge in [-0.2, -0.15) is 13.2 Å². The molecule has 3 rings (SSSR count). The van der Waals surface area contributed by atoms with Gasteiger partial charge in [-0.05, 0) is 35.9 Å². The molecule has 3 aromatic rings. The maximum atomic E-state index is 12.9. The van der Waals surface area contributed by atoms with Crippen LogP contribution in [0.5, 0.6) is 5.75 Å². The molecule has 0 fully saturated rings. The van der Waals surface area contributed by atoms with Crippen LogP contribution in [0.15, 0.2) is 65.8 Å². The highest BCUT2D eigenvalue weighted by atomic mass is 32.2. The van der Waals surface area contributed by atoms with Crippen molar-refractivity contribution < 1.29 is 31.1 Å². The molecule has 1 amide bonds. The normalized spacial score (nSPS) is 12.9. The number of hydrogen-bond acceptors (Lipinski definition) is 5.